The molecular weight excluding hydrogens is 240 g/mol. The predicted octanol–water partition coefficient (Wildman–Crippen LogP) is -0.116. The van der Waals surface area contributed by atoms with Gasteiger partial charge in [-0.15, -0.1) is 4.40 Å². The van der Waals surface area contributed by atoms with E-state index in [0.717, 1.165) is 0 Å². The average molecular weight is 249 g/mol. The zero-order chi connectivity index (χ0) is 11.6. The number of nitrogens with two attached hydrogens (primary N) is 3. The minimum atomic E-state index is -3.96. The van der Waals surface area contributed by atoms with Gasteiger partial charge in [0.25, 0.3) is 10.0 Å². The molecule has 0 bridgehead atoms. The highest BCUT2D eigenvalue weighted by Crippen LogP contribution is 2.24. The van der Waals surface area contributed by atoms with Gasteiger partial charge in [-0.25, -0.2) is 0 Å². The lowest BCUT2D eigenvalue weighted by molar-refractivity contribution is 0.598. The van der Waals surface area contributed by atoms with Crippen molar-refractivity contribution < 1.29 is 8.42 Å². The second-order valence-electron chi connectivity index (χ2n) is 2.68. The molecule has 0 aliphatic rings. The number of rotatable bonds is 2. The van der Waals surface area contributed by atoms with Crippen LogP contribution in [-0.2, 0) is 10.0 Å². The summed E-state index contributed by atoms with van der Waals surface area (Å²) in [7, 11) is -3.96. The number of halogens is 1. The number of hydrogen-bond donors (Lipinski definition) is 3. The normalized spacial score (nSPS) is 11.0. The number of nitrogens with zero attached hydrogens (tertiary/aromatic N) is 1. The van der Waals surface area contributed by atoms with Gasteiger partial charge >= 0.3 is 0 Å². The highest BCUT2D eigenvalue weighted by atomic mass is 35.5. The van der Waals surface area contributed by atoms with Gasteiger partial charge in [0.2, 0.25) is 5.96 Å². The van der Waals surface area contributed by atoms with E-state index < -0.39 is 16.0 Å². The van der Waals surface area contributed by atoms with Gasteiger partial charge < -0.3 is 17.2 Å². The summed E-state index contributed by atoms with van der Waals surface area (Å²) in [6.45, 7) is 0. The number of benzene rings is 1. The van der Waals surface area contributed by atoms with Crippen molar-refractivity contribution in [2.75, 3.05) is 5.73 Å². The molecule has 8 heteroatoms. The van der Waals surface area contributed by atoms with Gasteiger partial charge in [0.05, 0.1) is 5.02 Å². The van der Waals surface area contributed by atoms with Gasteiger partial charge in [-0.05, 0) is 18.2 Å². The van der Waals surface area contributed by atoms with E-state index in [1.807, 2.05) is 0 Å². The van der Waals surface area contributed by atoms with Crippen molar-refractivity contribution in [1.29, 1.82) is 0 Å². The first-order chi connectivity index (χ1) is 6.83. The second kappa shape index (κ2) is 3.95. The fourth-order valence-corrected chi connectivity index (χ4v) is 2.32. The van der Waals surface area contributed by atoms with E-state index in [4.69, 9.17) is 28.8 Å². The summed E-state index contributed by atoms with van der Waals surface area (Å²) in [5, 5.41) is -0.0278. The fourth-order valence-electron chi connectivity index (χ4n) is 0.914. The van der Waals surface area contributed by atoms with Gasteiger partial charge in [0, 0.05) is 5.69 Å². The van der Waals surface area contributed by atoms with Crippen molar-refractivity contribution in [3.63, 3.8) is 0 Å². The molecule has 0 saturated carbocycles. The first kappa shape index (κ1) is 11.6. The second-order valence-corrected chi connectivity index (χ2v) is 4.66. The molecule has 0 unspecified atom stereocenters. The standard InChI is InChI=1S/C7H9ClN4O2S/c8-5-3-4(9)1-2-6(5)15(13,14)12-7(10)11/h1-3H,9H2,(H4,10,11,12). The Balaban J connectivity index is 3.35. The molecule has 0 fully saturated rings. The molecule has 1 aromatic rings. The number of nitrogen functional groups attached to an aromatic ring is 1. The summed E-state index contributed by atoms with van der Waals surface area (Å²) >= 11 is 5.69. The Morgan fingerprint density at radius 2 is 1.93 bits per heavy atom. The van der Waals surface area contributed by atoms with Crippen LogP contribution in [0.3, 0.4) is 0 Å². The Bertz CT molecular complexity index is 508. The van der Waals surface area contributed by atoms with E-state index >= 15 is 0 Å². The minimum absolute atomic E-state index is 0.0278. The van der Waals surface area contributed by atoms with Crippen LogP contribution >= 0.6 is 11.6 Å². The first-order valence-electron chi connectivity index (χ1n) is 3.74. The van der Waals surface area contributed by atoms with Crippen LogP contribution in [0.5, 0.6) is 0 Å². The van der Waals surface area contributed by atoms with Crippen LogP contribution in [0.4, 0.5) is 5.69 Å². The number of guanidine groups is 1. The first-order valence-corrected chi connectivity index (χ1v) is 5.55. The highest BCUT2D eigenvalue weighted by molar-refractivity contribution is 7.90. The summed E-state index contributed by atoms with van der Waals surface area (Å²) < 4.78 is 26.1. The van der Waals surface area contributed by atoms with Crippen LogP contribution in [-0.4, -0.2) is 14.4 Å². The summed E-state index contributed by atoms with van der Waals surface area (Å²) in [6, 6.07) is 3.93. The molecule has 0 radical (unpaired) electrons. The topological polar surface area (TPSA) is 125 Å². The van der Waals surface area contributed by atoms with Crippen LogP contribution in [0.1, 0.15) is 0 Å². The van der Waals surface area contributed by atoms with Gasteiger partial charge in [0.15, 0.2) is 0 Å². The fraction of sp³-hybridized carbons (Fsp3) is 0. The van der Waals surface area contributed by atoms with Crippen LogP contribution in [0, 0.1) is 0 Å². The molecule has 6 nitrogen and oxygen atoms in total. The third-order valence-electron chi connectivity index (χ3n) is 1.46. The Labute approximate surface area is 91.8 Å². The third-order valence-corrected chi connectivity index (χ3v) is 3.25. The van der Waals surface area contributed by atoms with Crippen molar-refractivity contribution in [2.45, 2.75) is 4.90 Å². The van der Waals surface area contributed by atoms with Crippen molar-refractivity contribution in [1.82, 2.24) is 0 Å². The molecule has 82 valence electrons. The molecule has 1 rings (SSSR count). The minimum Gasteiger partial charge on any atom is -0.399 e. The molecule has 15 heavy (non-hydrogen) atoms. The van der Waals surface area contributed by atoms with Crippen molar-refractivity contribution >= 4 is 33.3 Å². The Hall–Kier alpha value is -1.47. The molecule has 0 aliphatic carbocycles. The van der Waals surface area contributed by atoms with E-state index in [0.29, 0.717) is 5.69 Å². The quantitative estimate of drug-likeness (QED) is 0.382. The van der Waals surface area contributed by atoms with E-state index in [2.05, 4.69) is 4.40 Å². The maximum absolute atomic E-state index is 11.5. The maximum Gasteiger partial charge on any atom is 0.287 e. The Kier molecular flexibility index (Phi) is 3.06. The Morgan fingerprint density at radius 3 is 2.40 bits per heavy atom. The molecule has 1 aromatic carbocycles. The van der Waals surface area contributed by atoms with E-state index in [1.165, 1.54) is 18.2 Å². The van der Waals surface area contributed by atoms with Crippen LogP contribution in [0.2, 0.25) is 5.02 Å². The number of hydrogen-bond acceptors (Lipinski definition) is 3. The van der Waals surface area contributed by atoms with E-state index in [9.17, 15) is 8.42 Å². The van der Waals surface area contributed by atoms with Crippen molar-refractivity contribution in [2.24, 2.45) is 15.9 Å². The van der Waals surface area contributed by atoms with Gasteiger partial charge in [-0.2, -0.15) is 8.42 Å². The Morgan fingerprint density at radius 1 is 1.33 bits per heavy atom. The van der Waals surface area contributed by atoms with Gasteiger partial charge in [-0.3, -0.25) is 0 Å². The third kappa shape index (κ3) is 2.74. The predicted molar refractivity (Wildman–Crippen MR) is 58.9 cm³/mol. The SMILES string of the molecule is NC(N)=NS(=O)(=O)c1ccc(N)cc1Cl. The zero-order valence-corrected chi connectivity index (χ0v) is 9.09. The van der Waals surface area contributed by atoms with Gasteiger partial charge in [-0.1, -0.05) is 11.6 Å². The lowest BCUT2D eigenvalue weighted by atomic mass is 10.3. The molecule has 0 saturated heterocycles. The largest absolute Gasteiger partial charge is 0.399 e. The highest BCUT2D eigenvalue weighted by Gasteiger charge is 2.17. The molecule has 0 atom stereocenters. The molecule has 0 aromatic heterocycles. The van der Waals surface area contributed by atoms with Crippen LogP contribution in [0.15, 0.2) is 27.5 Å². The summed E-state index contributed by atoms with van der Waals surface area (Å²) in [6.07, 6.45) is 0. The van der Waals surface area contributed by atoms with Gasteiger partial charge in [0.1, 0.15) is 4.90 Å². The lowest BCUT2D eigenvalue weighted by Crippen LogP contribution is -2.24. The molecule has 0 heterocycles. The molecule has 0 amide bonds. The van der Waals surface area contributed by atoms with Crippen molar-refractivity contribution in [3.05, 3.63) is 23.2 Å². The summed E-state index contributed by atoms with van der Waals surface area (Å²) in [4.78, 5) is -0.188. The average Bonchev–Trinajstić information content (AvgIpc) is 1.99. The molecular formula is C7H9ClN4O2S. The smallest absolute Gasteiger partial charge is 0.287 e. The van der Waals surface area contributed by atoms with E-state index in [-0.39, 0.29) is 9.92 Å². The summed E-state index contributed by atoms with van der Waals surface area (Å²) in [5.74, 6) is -0.553. The molecule has 0 spiro atoms. The van der Waals surface area contributed by atoms with Crippen molar-refractivity contribution in [3.8, 4) is 0 Å². The van der Waals surface area contributed by atoms with Crippen LogP contribution < -0.4 is 17.2 Å². The maximum atomic E-state index is 11.5. The zero-order valence-electron chi connectivity index (χ0n) is 7.51. The summed E-state index contributed by atoms with van der Waals surface area (Å²) in [5.41, 5.74) is 15.7. The molecule has 0 aliphatic heterocycles. The molecule has 6 N–H and O–H groups in total. The monoisotopic (exact) mass is 248 g/mol. The lowest BCUT2D eigenvalue weighted by Gasteiger charge is -2.02. The number of sulfonamides is 1. The number of anilines is 1. The van der Waals surface area contributed by atoms with E-state index in [1.54, 1.807) is 0 Å². The van der Waals surface area contributed by atoms with Crippen LogP contribution in [0.25, 0.3) is 0 Å².